The van der Waals surface area contributed by atoms with E-state index in [1.54, 1.807) is 12.4 Å². The molecule has 0 aliphatic heterocycles. The summed E-state index contributed by atoms with van der Waals surface area (Å²) in [6.07, 6.45) is 5.73. The maximum atomic E-state index is 6.18. The Balaban J connectivity index is 2.74. The summed E-state index contributed by atoms with van der Waals surface area (Å²) in [5.41, 5.74) is 7.30. The molecule has 1 aromatic heterocycles. The van der Waals surface area contributed by atoms with Crippen LogP contribution in [0.4, 0.5) is 0 Å². The number of nitrogens with two attached hydrogens (primary N) is 1. The van der Waals surface area contributed by atoms with Gasteiger partial charge in [-0.3, -0.25) is 4.98 Å². The zero-order valence-corrected chi connectivity index (χ0v) is 12.0. The van der Waals surface area contributed by atoms with Crippen LogP contribution in [0.5, 0.6) is 0 Å². The highest BCUT2D eigenvalue weighted by Crippen LogP contribution is 2.25. The lowest BCUT2D eigenvalue weighted by Gasteiger charge is -2.28. The average Bonchev–Trinajstić information content (AvgIpc) is 2.35. The molecule has 18 heavy (non-hydrogen) atoms. The maximum absolute atomic E-state index is 6.18. The van der Waals surface area contributed by atoms with Gasteiger partial charge in [-0.25, -0.2) is 0 Å². The third-order valence-corrected chi connectivity index (χ3v) is 3.08. The van der Waals surface area contributed by atoms with Crippen LogP contribution in [0.2, 0.25) is 0 Å². The summed E-state index contributed by atoms with van der Waals surface area (Å²) >= 11 is 0. The predicted molar refractivity (Wildman–Crippen MR) is 75.2 cm³/mol. The molecule has 0 bridgehead atoms. The zero-order chi connectivity index (χ0) is 13.5. The predicted octanol–water partition coefficient (Wildman–Crippen LogP) is 3.31. The number of hydrogen-bond acceptors (Lipinski definition) is 3. The van der Waals surface area contributed by atoms with Crippen molar-refractivity contribution in [1.29, 1.82) is 0 Å². The molecule has 3 unspecified atom stereocenters. The first kappa shape index (κ1) is 15.1. The van der Waals surface area contributed by atoms with E-state index in [9.17, 15) is 0 Å². The minimum atomic E-state index is -0.0354. The number of ether oxygens (including phenoxy) is 1. The third-order valence-electron chi connectivity index (χ3n) is 3.08. The van der Waals surface area contributed by atoms with Crippen molar-refractivity contribution in [3.05, 3.63) is 30.1 Å². The van der Waals surface area contributed by atoms with E-state index in [-0.39, 0.29) is 18.2 Å². The van der Waals surface area contributed by atoms with Gasteiger partial charge >= 0.3 is 0 Å². The van der Waals surface area contributed by atoms with Crippen LogP contribution in [-0.2, 0) is 4.74 Å². The summed E-state index contributed by atoms with van der Waals surface area (Å²) in [5.74, 6) is 0.635. The van der Waals surface area contributed by atoms with Gasteiger partial charge in [-0.15, -0.1) is 0 Å². The van der Waals surface area contributed by atoms with Crippen LogP contribution >= 0.6 is 0 Å². The molecule has 0 spiro atoms. The van der Waals surface area contributed by atoms with Gasteiger partial charge in [0.25, 0.3) is 0 Å². The lowest BCUT2D eigenvalue weighted by Crippen LogP contribution is -2.32. The van der Waals surface area contributed by atoms with Gasteiger partial charge in [0, 0.05) is 18.4 Å². The quantitative estimate of drug-likeness (QED) is 0.807. The molecular formula is C15H26N2O. The highest BCUT2D eigenvalue weighted by molar-refractivity contribution is 5.15. The molecule has 0 fully saturated rings. The lowest BCUT2D eigenvalue weighted by atomic mass is 10.0. The second kappa shape index (κ2) is 7.49. The Morgan fingerprint density at radius 1 is 1.22 bits per heavy atom. The monoisotopic (exact) mass is 250 g/mol. The van der Waals surface area contributed by atoms with E-state index in [2.05, 4.69) is 32.7 Å². The van der Waals surface area contributed by atoms with Crippen LogP contribution < -0.4 is 5.73 Å². The summed E-state index contributed by atoms with van der Waals surface area (Å²) in [5, 5.41) is 0. The van der Waals surface area contributed by atoms with Gasteiger partial charge in [0.1, 0.15) is 0 Å². The largest absolute Gasteiger partial charge is 0.369 e. The third kappa shape index (κ3) is 4.75. The smallest absolute Gasteiger partial charge is 0.0980 e. The molecule has 1 rings (SSSR count). The van der Waals surface area contributed by atoms with Gasteiger partial charge in [0.05, 0.1) is 12.2 Å². The normalized spacial score (nSPS) is 16.6. The Labute approximate surface area is 111 Å². The zero-order valence-electron chi connectivity index (χ0n) is 12.0. The van der Waals surface area contributed by atoms with Gasteiger partial charge < -0.3 is 10.5 Å². The maximum Gasteiger partial charge on any atom is 0.0980 e. The first-order valence-electron chi connectivity index (χ1n) is 6.85. The van der Waals surface area contributed by atoms with Crippen LogP contribution in [0.3, 0.4) is 0 Å². The number of hydrogen-bond donors (Lipinski definition) is 1. The van der Waals surface area contributed by atoms with Crippen LogP contribution in [0.1, 0.15) is 52.2 Å². The molecule has 0 aliphatic carbocycles. The van der Waals surface area contributed by atoms with Crippen molar-refractivity contribution in [2.45, 2.75) is 58.8 Å². The summed E-state index contributed by atoms with van der Waals surface area (Å²) in [4.78, 5) is 4.04. The molecule has 0 amide bonds. The van der Waals surface area contributed by atoms with Crippen LogP contribution in [0, 0.1) is 5.92 Å². The second-order valence-electron chi connectivity index (χ2n) is 5.35. The molecule has 102 valence electrons. The van der Waals surface area contributed by atoms with Crippen molar-refractivity contribution in [3.63, 3.8) is 0 Å². The van der Waals surface area contributed by atoms with E-state index < -0.39 is 0 Å². The molecule has 0 aliphatic rings. The van der Waals surface area contributed by atoms with E-state index in [4.69, 9.17) is 10.5 Å². The number of aromatic nitrogens is 1. The van der Waals surface area contributed by atoms with Gasteiger partial charge in [0.15, 0.2) is 0 Å². The summed E-state index contributed by atoms with van der Waals surface area (Å²) in [7, 11) is 0. The Bertz CT molecular complexity index is 327. The summed E-state index contributed by atoms with van der Waals surface area (Å²) in [6, 6.07) is 4.01. The molecule has 0 radical (unpaired) electrons. The second-order valence-corrected chi connectivity index (χ2v) is 5.35. The van der Waals surface area contributed by atoms with Gasteiger partial charge in [-0.1, -0.05) is 20.8 Å². The molecule has 1 heterocycles. The van der Waals surface area contributed by atoms with Crippen molar-refractivity contribution in [1.82, 2.24) is 4.98 Å². The minimum Gasteiger partial charge on any atom is -0.369 e. The van der Waals surface area contributed by atoms with Crippen molar-refractivity contribution in [2.75, 3.05) is 0 Å². The molecular weight excluding hydrogens is 224 g/mol. The van der Waals surface area contributed by atoms with E-state index >= 15 is 0 Å². The van der Waals surface area contributed by atoms with Crippen LogP contribution in [0.25, 0.3) is 0 Å². The molecule has 3 heteroatoms. The Morgan fingerprint density at radius 3 is 2.33 bits per heavy atom. The summed E-state index contributed by atoms with van der Waals surface area (Å²) < 4.78 is 6.15. The molecule has 1 aromatic rings. The van der Waals surface area contributed by atoms with E-state index in [0.717, 1.165) is 18.4 Å². The Hall–Kier alpha value is -0.930. The molecule has 3 nitrogen and oxygen atoms in total. The Kier molecular flexibility index (Phi) is 6.30. The Morgan fingerprint density at radius 2 is 1.83 bits per heavy atom. The topological polar surface area (TPSA) is 48.1 Å². The van der Waals surface area contributed by atoms with Crippen molar-refractivity contribution >= 4 is 0 Å². The lowest BCUT2D eigenvalue weighted by molar-refractivity contribution is -0.0271. The van der Waals surface area contributed by atoms with Gasteiger partial charge in [0.2, 0.25) is 0 Å². The molecule has 0 saturated heterocycles. The van der Waals surface area contributed by atoms with Gasteiger partial charge in [-0.2, -0.15) is 0 Å². The van der Waals surface area contributed by atoms with E-state index in [1.807, 2.05) is 12.1 Å². The van der Waals surface area contributed by atoms with Crippen molar-refractivity contribution < 1.29 is 4.74 Å². The van der Waals surface area contributed by atoms with Crippen LogP contribution in [-0.4, -0.2) is 17.1 Å². The highest BCUT2D eigenvalue weighted by atomic mass is 16.5. The molecule has 3 atom stereocenters. The first-order valence-corrected chi connectivity index (χ1v) is 6.85. The fraction of sp³-hybridized carbons (Fsp3) is 0.667. The van der Waals surface area contributed by atoms with Gasteiger partial charge in [-0.05, 0) is 43.4 Å². The number of nitrogens with zero attached hydrogens (tertiary/aromatic N) is 1. The fourth-order valence-corrected chi connectivity index (χ4v) is 2.16. The highest BCUT2D eigenvalue weighted by Gasteiger charge is 2.22. The van der Waals surface area contributed by atoms with Crippen LogP contribution in [0.15, 0.2) is 24.5 Å². The van der Waals surface area contributed by atoms with E-state index in [0.29, 0.717) is 5.92 Å². The SMILES string of the molecule is CCC(N)C(OC(C)CC(C)C)c1ccncc1. The van der Waals surface area contributed by atoms with Crippen molar-refractivity contribution in [2.24, 2.45) is 11.7 Å². The fourth-order valence-electron chi connectivity index (χ4n) is 2.16. The minimum absolute atomic E-state index is 0.0296. The van der Waals surface area contributed by atoms with Crippen molar-refractivity contribution in [3.8, 4) is 0 Å². The first-order chi connectivity index (χ1) is 8.54. The molecule has 0 aromatic carbocycles. The van der Waals surface area contributed by atoms with E-state index in [1.165, 1.54) is 0 Å². The molecule has 0 saturated carbocycles. The number of pyridine rings is 1. The summed E-state index contributed by atoms with van der Waals surface area (Å²) in [6.45, 7) is 8.63. The molecule has 2 N–H and O–H groups in total. The average molecular weight is 250 g/mol. The standard InChI is InChI=1S/C15H26N2O/c1-5-14(16)15(13-6-8-17-9-7-13)18-12(4)10-11(2)3/h6-9,11-12,14-15H,5,10,16H2,1-4H3. The number of rotatable bonds is 7.